The van der Waals surface area contributed by atoms with Crippen LogP contribution in [0.1, 0.15) is 0 Å². The van der Waals surface area contributed by atoms with Crippen LogP contribution in [0.5, 0.6) is 0 Å². The highest BCUT2D eigenvalue weighted by molar-refractivity contribution is 7.85. The van der Waals surface area contributed by atoms with Crippen LogP contribution >= 0.6 is 7.14 Å². The molecule has 0 aliphatic heterocycles. The second-order valence-electron chi connectivity index (χ2n) is 12.3. The van der Waals surface area contributed by atoms with E-state index in [1.54, 1.807) is 0 Å². The normalized spacial score (nSPS) is 11.8. The Morgan fingerprint density at radius 1 is 0.396 bits per heavy atom. The number of benzene rings is 8. The minimum absolute atomic E-state index is 0.818. The number of para-hydroxylation sites is 1. The first kappa shape index (κ1) is 28.4. The molecule has 3 heteroatoms. The summed E-state index contributed by atoms with van der Waals surface area (Å²) in [6.07, 6.45) is 0. The van der Waals surface area contributed by atoms with E-state index in [1.165, 1.54) is 26.9 Å². The van der Waals surface area contributed by atoms with Crippen molar-refractivity contribution in [1.29, 1.82) is 0 Å². The first-order chi connectivity index (χ1) is 23.7. The molecule has 1 aromatic heterocycles. The molecule has 8 aromatic carbocycles. The summed E-state index contributed by atoms with van der Waals surface area (Å²) in [4.78, 5) is 5.30. The molecule has 0 amide bonds. The van der Waals surface area contributed by atoms with Crippen molar-refractivity contribution < 1.29 is 4.57 Å². The van der Waals surface area contributed by atoms with Crippen molar-refractivity contribution in [2.45, 2.75) is 0 Å². The van der Waals surface area contributed by atoms with Crippen molar-refractivity contribution in [2.75, 3.05) is 0 Å². The third-order valence-corrected chi connectivity index (χ3v) is 12.6. The lowest BCUT2D eigenvalue weighted by molar-refractivity contribution is 0.592. The van der Waals surface area contributed by atoms with Crippen LogP contribution in [0.15, 0.2) is 182 Å². The average Bonchev–Trinajstić information content (AvgIpc) is 3.17. The predicted octanol–water partition coefficient (Wildman–Crippen LogP) is 10.7. The van der Waals surface area contributed by atoms with Gasteiger partial charge in [0, 0.05) is 37.6 Å². The molecule has 9 rings (SSSR count). The van der Waals surface area contributed by atoms with Crippen molar-refractivity contribution in [3.63, 3.8) is 0 Å². The molecule has 0 aliphatic rings. The molecule has 0 saturated carbocycles. The van der Waals surface area contributed by atoms with Gasteiger partial charge in [-0.3, -0.25) is 0 Å². The van der Waals surface area contributed by atoms with Gasteiger partial charge in [0.25, 0.3) is 0 Å². The third-order valence-electron chi connectivity index (χ3n) is 9.51. The summed E-state index contributed by atoms with van der Waals surface area (Å²) in [5, 5.41) is 10.7. The zero-order chi connectivity index (χ0) is 32.1. The fourth-order valence-electron chi connectivity index (χ4n) is 7.18. The quantitative estimate of drug-likeness (QED) is 0.140. The second kappa shape index (κ2) is 11.5. The van der Waals surface area contributed by atoms with E-state index in [9.17, 15) is 0 Å². The molecule has 0 bridgehead atoms. The molecule has 0 spiro atoms. The van der Waals surface area contributed by atoms with Gasteiger partial charge in [-0.1, -0.05) is 164 Å². The van der Waals surface area contributed by atoms with Crippen molar-refractivity contribution in [3.8, 4) is 22.4 Å². The number of hydrogen-bond donors (Lipinski definition) is 0. The molecule has 0 aliphatic carbocycles. The van der Waals surface area contributed by atoms with Gasteiger partial charge in [-0.25, -0.2) is 4.98 Å². The molecule has 1 heterocycles. The maximum Gasteiger partial charge on any atom is 0.171 e. The van der Waals surface area contributed by atoms with Crippen LogP contribution in [0.25, 0.3) is 65.6 Å². The summed E-state index contributed by atoms with van der Waals surface area (Å²) in [6.45, 7) is 0. The summed E-state index contributed by atoms with van der Waals surface area (Å²) in [5.74, 6) is 0. The van der Waals surface area contributed by atoms with Gasteiger partial charge in [0.1, 0.15) is 0 Å². The Balaban J connectivity index is 1.29. The molecule has 0 unspecified atom stereocenters. The topological polar surface area (TPSA) is 30.0 Å². The van der Waals surface area contributed by atoms with Crippen molar-refractivity contribution >= 4 is 66.3 Å². The van der Waals surface area contributed by atoms with Crippen molar-refractivity contribution in [3.05, 3.63) is 182 Å². The minimum Gasteiger partial charge on any atom is -0.309 e. The minimum atomic E-state index is -3.08. The highest BCUT2D eigenvalue weighted by Gasteiger charge is 2.29. The van der Waals surface area contributed by atoms with Gasteiger partial charge in [0.05, 0.1) is 11.2 Å². The van der Waals surface area contributed by atoms with Gasteiger partial charge < -0.3 is 4.57 Å². The first-order valence-corrected chi connectivity index (χ1v) is 17.9. The van der Waals surface area contributed by atoms with Gasteiger partial charge in [0.15, 0.2) is 7.14 Å². The Hall–Kier alpha value is -5.82. The summed E-state index contributed by atoms with van der Waals surface area (Å²) in [6, 6.07) is 62.6. The number of rotatable bonds is 5. The smallest absolute Gasteiger partial charge is 0.171 e. The summed E-state index contributed by atoms with van der Waals surface area (Å²) in [7, 11) is -3.08. The van der Waals surface area contributed by atoms with Gasteiger partial charge >= 0.3 is 0 Å². The van der Waals surface area contributed by atoms with Gasteiger partial charge in [0.2, 0.25) is 0 Å². The van der Waals surface area contributed by atoms with E-state index in [0.29, 0.717) is 0 Å². The van der Waals surface area contributed by atoms with E-state index in [4.69, 9.17) is 4.98 Å². The molecule has 0 fully saturated rings. The molecule has 9 aromatic rings. The van der Waals surface area contributed by atoms with E-state index in [1.807, 2.05) is 60.7 Å². The zero-order valence-corrected chi connectivity index (χ0v) is 27.0. The number of hydrogen-bond acceptors (Lipinski definition) is 2. The number of fused-ring (bicyclic) bond motifs is 6. The summed E-state index contributed by atoms with van der Waals surface area (Å²) in [5.41, 5.74) is 5.23. The standard InChI is InChI=1S/C45H30NOP/c47-48(35-15-3-1-4-16-35,36-17-5-2-6-18-36)37-27-25-32(26-28-37)41-30-42-44(39-20-10-9-19-38(39)41)40-21-11-12-22-43(40)46-45(42)34-24-23-31-13-7-8-14-33(31)29-34/h1-30H. The number of pyridine rings is 1. The molecule has 48 heavy (non-hydrogen) atoms. The lowest BCUT2D eigenvalue weighted by atomic mass is 9.89. The SMILES string of the molecule is O=P(c1ccccc1)(c1ccccc1)c1ccc(-c2cc3c(-c4ccc5ccccc5c4)nc4ccccc4c3c3ccccc23)cc1. The largest absolute Gasteiger partial charge is 0.309 e. The Bertz CT molecular complexity index is 2640. The van der Waals surface area contributed by atoms with Crippen LogP contribution in [-0.4, -0.2) is 4.98 Å². The molecule has 0 radical (unpaired) electrons. The van der Waals surface area contributed by atoms with Crippen LogP contribution in [0.4, 0.5) is 0 Å². The number of aromatic nitrogens is 1. The predicted molar refractivity (Wildman–Crippen MR) is 205 cm³/mol. The molecule has 226 valence electrons. The lowest BCUT2D eigenvalue weighted by Crippen LogP contribution is -2.24. The first-order valence-electron chi connectivity index (χ1n) is 16.2. The monoisotopic (exact) mass is 631 g/mol. The van der Waals surface area contributed by atoms with Crippen molar-refractivity contribution in [2.24, 2.45) is 0 Å². The van der Waals surface area contributed by atoms with Crippen LogP contribution in [0, 0.1) is 0 Å². The van der Waals surface area contributed by atoms with Gasteiger partial charge in [-0.15, -0.1) is 0 Å². The fraction of sp³-hybridized carbons (Fsp3) is 0. The van der Waals surface area contributed by atoms with E-state index in [0.717, 1.165) is 54.6 Å². The molecule has 0 atom stereocenters. The molecular weight excluding hydrogens is 601 g/mol. The van der Waals surface area contributed by atoms with Crippen LogP contribution < -0.4 is 15.9 Å². The molecule has 2 nitrogen and oxygen atoms in total. The Kier molecular flexibility index (Phi) is 6.78. The highest BCUT2D eigenvalue weighted by Crippen LogP contribution is 2.44. The number of nitrogens with zero attached hydrogens (tertiary/aromatic N) is 1. The van der Waals surface area contributed by atoms with Crippen LogP contribution in [-0.2, 0) is 4.57 Å². The van der Waals surface area contributed by atoms with Crippen LogP contribution in [0.3, 0.4) is 0 Å². The average molecular weight is 632 g/mol. The van der Waals surface area contributed by atoms with Gasteiger partial charge in [-0.05, 0) is 50.9 Å². The molecule has 0 N–H and O–H groups in total. The maximum absolute atomic E-state index is 15.1. The third kappa shape index (κ3) is 4.57. The Morgan fingerprint density at radius 2 is 0.938 bits per heavy atom. The lowest BCUT2D eigenvalue weighted by Gasteiger charge is -2.20. The Labute approximate surface area is 279 Å². The van der Waals surface area contributed by atoms with E-state index in [2.05, 4.69) is 121 Å². The fourth-order valence-corrected chi connectivity index (χ4v) is 9.83. The second-order valence-corrected chi connectivity index (χ2v) is 15.0. The van der Waals surface area contributed by atoms with E-state index >= 15 is 4.57 Å². The molecule has 0 saturated heterocycles. The zero-order valence-electron chi connectivity index (χ0n) is 26.1. The van der Waals surface area contributed by atoms with Crippen LogP contribution in [0.2, 0.25) is 0 Å². The highest BCUT2D eigenvalue weighted by atomic mass is 31.2. The van der Waals surface area contributed by atoms with E-state index in [-0.39, 0.29) is 0 Å². The maximum atomic E-state index is 15.1. The van der Waals surface area contributed by atoms with E-state index < -0.39 is 7.14 Å². The van der Waals surface area contributed by atoms with Gasteiger partial charge in [-0.2, -0.15) is 0 Å². The Morgan fingerprint density at radius 3 is 1.65 bits per heavy atom. The van der Waals surface area contributed by atoms with Crippen molar-refractivity contribution in [1.82, 2.24) is 4.98 Å². The molecular formula is C45H30NOP. The summed E-state index contributed by atoms with van der Waals surface area (Å²) >= 11 is 0. The summed E-state index contributed by atoms with van der Waals surface area (Å²) < 4.78 is 15.1.